The lowest BCUT2D eigenvalue weighted by Gasteiger charge is -2.25. The van der Waals surface area contributed by atoms with E-state index < -0.39 is 6.04 Å². The maximum absolute atomic E-state index is 13.3. The van der Waals surface area contributed by atoms with Crippen LogP contribution in [0.4, 0.5) is 5.13 Å². The first kappa shape index (κ1) is 26.7. The van der Waals surface area contributed by atoms with Crippen molar-refractivity contribution >= 4 is 38.5 Å². The molecule has 1 aliphatic heterocycles. The molecule has 0 saturated heterocycles. The van der Waals surface area contributed by atoms with Gasteiger partial charge in [-0.25, -0.2) is 9.97 Å². The Morgan fingerprint density at radius 2 is 2.00 bits per heavy atom. The van der Waals surface area contributed by atoms with E-state index in [-0.39, 0.29) is 24.3 Å². The topological polar surface area (TPSA) is 101 Å². The Hall–Kier alpha value is -3.92. The normalized spacial score (nSPS) is 17.6. The average molecular weight is 547 g/mol. The van der Waals surface area contributed by atoms with Crippen LogP contribution in [-0.2, 0) is 16.1 Å². The lowest BCUT2D eigenvalue weighted by Crippen LogP contribution is -2.50. The summed E-state index contributed by atoms with van der Waals surface area (Å²) < 4.78 is 9.16. The minimum Gasteiger partial charge on any atom is -0.494 e. The summed E-state index contributed by atoms with van der Waals surface area (Å²) in [5.74, 6) is 1.43. The Labute approximate surface area is 232 Å². The van der Waals surface area contributed by atoms with E-state index in [1.807, 2.05) is 78.0 Å². The summed E-state index contributed by atoms with van der Waals surface area (Å²) in [5, 5.41) is 6.78. The van der Waals surface area contributed by atoms with Gasteiger partial charge in [-0.05, 0) is 43.0 Å². The van der Waals surface area contributed by atoms with Crippen LogP contribution in [-0.4, -0.2) is 58.6 Å². The van der Waals surface area contributed by atoms with Gasteiger partial charge in [0.05, 0.1) is 23.4 Å². The third-order valence-electron chi connectivity index (χ3n) is 6.55. The Kier molecular flexibility index (Phi) is 8.41. The fraction of sp³-hybridized carbons (Fsp3) is 0.379. The molecular formula is C29H34N6O3S. The summed E-state index contributed by atoms with van der Waals surface area (Å²) in [5.41, 5.74) is 1.85. The lowest BCUT2D eigenvalue weighted by molar-refractivity contribution is -0.128. The molecule has 2 amide bonds. The number of imidazole rings is 1. The van der Waals surface area contributed by atoms with Crippen LogP contribution in [0.2, 0.25) is 0 Å². The van der Waals surface area contributed by atoms with E-state index in [9.17, 15) is 9.59 Å². The Balaban J connectivity index is 1.41. The Morgan fingerprint density at radius 1 is 1.13 bits per heavy atom. The van der Waals surface area contributed by atoms with Gasteiger partial charge in [0.2, 0.25) is 11.8 Å². The first-order chi connectivity index (χ1) is 19.0. The second-order valence-corrected chi connectivity index (χ2v) is 11.1. The number of carbonyl (C=O) groups is 2. The number of amides is 2. The molecule has 1 atom stereocenters. The van der Waals surface area contributed by atoms with Crippen molar-refractivity contribution in [2.24, 2.45) is 5.92 Å². The summed E-state index contributed by atoms with van der Waals surface area (Å²) in [6, 6.07) is 15.2. The second-order valence-electron chi connectivity index (χ2n) is 10.1. The van der Waals surface area contributed by atoms with Gasteiger partial charge in [0.15, 0.2) is 5.13 Å². The monoisotopic (exact) mass is 546 g/mol. The molecule has 204 valence electrons. The van der Waals surface area contributed by atoms with Crippen LogP contribution in [0.15, 0.2) is 60.9 Å². The zero-order valence-electron chi connectivity index (χ0n) is 22.3. The fourth-order valence-corrected chi connectivity index (χ4v) is 5.69. The smallest absolute Gasteiger partial charge is 0.242 e. The van der Waals surface area contributed by atoms with Gasteiger partial charge < -0.3 is 24.8 Å². The molecular weight excluding hydrogens is 512 g/mol. The first-order valence-electron chi connectivity index (χ1n) is 13.4. The molecule has 0 saturated carbocycles. The molecule has 2 bridgehead atoms. The average Bonchev–Trinajstić information content (AvgIpc) is 3.56. The molecule has 9 nitrogen and oxygen atoms in total. The van der Waals surface area contributed by atoms with E-state index in [0.29, 0.717) is 39.1 Å². The van der Waals surface area contributed by atoms with Crippen LogP contribution in [0, 0.1) is 5.92 Å². The number of benzene rings is 2. The molecule has 2 aromatic carbocycles. The number of nitrogens with one attached hydrogen (secondary N) is 2. The molecule has 5 rings (SSSR count). The molecule has 3 heterocycles. The zero-order chi connectivity index (χ0) is 27.2. The maximum atomic E-state index is 13.3. The highest BCUT2D eigenvalue weighted by Crippen LogP contribution is 2.29. The number of carbonyl (C=O) groups excluding carboxylic acids is 2. The Morgan fingerprint density at radius 3 is 2.85 bits per heavy atom. The molecule has 0 aliphatic carbocycles. The largest absolute Gasteiger partial charge is 0.494 e. The number of hydrogen-bond donors (Lipinski definition) is 2. The molecule has 0 unspecified atom stereocenters. The summed E-state index contributed by atoms with van der Waals surface area (Å²) >= 11 is 1.56. The van der Waals surface area contributed by atoms with Gasteiger partial charge in [0.1, 0.15) is 17.6 Å². The van der Waals surface area contributed by atoms with Crippen LogP contribution in [0.5, 0.6) is 5.75 Å². The van der Waals surface area contributed by atoms with Gasteiger partial charge in [-0.1, -0.05) is 49.4 Å². The number of thiazole rings is 1. The van der Waals surface area contributed by atoms with E-state index in [0.717, 1.165) is 32.5 Å². The predicted octanol–water partition coefficient (Wildman–Crippen LogP) is 4.10. The van der Waals surface area contributed by atoms with Crippen LogP contribution in [0.3, 0.4) is 0 Å². The van der Waals surface area contributed by atoms with E-state index in [1.54, 1.807) is 17.5 Å². The molecule has 0 radical (unpaired) electrons. The van der Waals surface area contributed by atoms with E-state index in [1.165, 1.54) is 0 Å². The molecule has 0 fully saturated rings. The van der Waals surface area contributed by atoms with Crippen LogP contribution in [0.1, 0.15) is 26.7 Å². The van der Waals surface area contributed by atoms with Gasteiger partial charge in [0, 0.05) is 37.6 Å². The number of aromatic nitrogens is 3. The highest BCUT2D eigenvalue weighted by Gasteiger charge is 2.24. The molecule has 2 N–H and O–H groups in total. The van der Waals surface area contributed by atoms with Gasteiger partial charge in [-0.15, -0.1) is 0 Å². The first-order valence-corrected chi connectivity index (χ1v) is 14.2. The predicted molar refractivity (Wildman–Crippen MR) is 154 cm³/mol. The van der Waals surface area contributed by atoms with Crippen LogP contribution in [0.25, 0.3) is 21.6 Å². The number of hydrogen-bond acceptors (Lipinski definition) is 7. The fourth-order valence-electron chi connectivity index (χ4n) is 4.70. The number of rotatable bonds is 3. The van der Waals surface area contributed by atoms with Crippen molar-refractivity contribution in [2.45, 2.75) is 39.3 Å². The number of ether oxygens (including phenoxy) is 1. The minimum absolute atomic E-state index is 0.107. The number of para-hydroxylation sites is 1. The van der Waals surface area contributed by atoms with Gasteiger partial charge >= 0.3 is 0 Å². The van der Waals surface area contributed by atoms with Crippen molar-refractivity contribution in [3.05, 3.63) is 60.9 Å². The van der Waals surface area contributed by atoms with E-state index in [4.69, 9.17) is 9.72 Å². The van der Waals surface area contributed by atoms with E-state index >= 15 is 0 Å². The van der Waals surface area contributed by atoms with Gasteiger partial charge in [-0.2, -0.15) is 0 Å². The van der Waals surface area contributed by atoms with Crippen LogP contribution >= 0.6 is 11.3 Å². The summed E-state index contributed by atoms with van der Waals surface area (Å²) in [6.07, 6.45) is 4.90. The summed E-state index contributed by atoms with van der Waals surface area (Å²) in [6.45, 7) is 6.24. The summed E-state index contributed by atoms with van der Waals surface area (Å²) in [4.78, 5) is 37.7. The third kappa shape index (κ3) is 6.75. The van der Waals surface area contributed by atoms with Crippen molar-refractivity contribution in [3.8, 4) is 17.1 Å². The zero-order valence-corrected chi connectivity index (χ0v) is 23.1. The van der Waals surface area contributed by atoms with Crippen molar-refractivity contribution in [1.29, 1.82) is 0 Å². The number of nitrogens with zero attached hydrogens (tertiary/aromatic N) is 4. The van der Waals surface area contributed by atoms with Gasteiger partial charge in [-0.3, -0.25) is 9.59 Å². The summed E-state index contributed by atoms with van der Waals surface area (Å²) in [7, 11) is 0. The highest BCUT2D eigenvalue weighted by atomic mass is 32.1. The molecule has 0 spiro atoms. The van der Waals surface area contributed by atoms with Crippen molar-refractivity contribution < 1.29 is 14.3 Å². The standard InChI is InChI=1S/C29H34N6O3S/c1-20(2)17-24-28(37)31-12-15-34-14-11-30-27(34)21-7-5-8-22(18-21)38-16-6-13-35(19-26(36)32-24)29-33-23-9-3-4-10-25(23)39-29/h3-5,7-11,14,18,20,24H,6,12-13,15-17,19H2,1-2H3,(H,31,37)(H,32,36)/t24-/m1/s1. The maximum Gasteiger partial charge on any atom is 0.242 e. The molecule has 2 aromatic heterocycles. The lowest BCUT2D eigenvalue weighted by atomic mass is 10.0. The SMILES string of the molecule is CC(C)C[C@H]1NC(=O)CN(c2nc3ccccc3s2)CCCOc2cccc(c2)-c2nccn2CCNC1=O. The van der Waals surface area contributed by atoms with Crippen molar-refractivity contribution in [3.63, 3.8) is 0 Å². The number of anilines is 1. The van der Waals surface area contributed by atoms with Crippen molar-refractivity contribution in [1.82, 2.24) is 25.2 Å². The molecule has 4 aromatic rings. The van der Waals surface area contributed by atoms with E-state index in [2.05, 4.69) is 15.6 Å². The quantitative estimate of drug-likeness (QED) is 0.401. The third-order valence-corrected chi connectivity index (χ3v) is 7.64. The van der Waals surface area contributed by atoms with Crippen molar-refractivity contribution in [2.75, 3.05) is 31.1 Å². The van der Waals surface area contributed by atoms with Gasteiger partial charge in [0.25, 0.3) is 0 Å². The number of fused-ring (bicyclic) bond motifs is 5. The molecule has 39 heavy (non-hydrogen) atoms. The highest BCUT2D eigenvalue weighted by molar-refractivity contribution is 7.22. The van der Waals surface area contributed by atoms with Crippen LogP contribution < -0.4 is 20.3 Å². The molecule has 10 heteroatoms. The second kappa shape index (κ2) is 12.3. The Bertz CT molecular complexity index is 1400. The minimum atomic E-state index is -0.615. The molecule has 1 aliphatic rings.